The van der Waals surface area contributed by atoms with Crippen molar-refractivity contribution >= 4 is 5.91 Å². The molecular weight excluding hydrogens is 348 g/mol. The summed E-state index contributed by atoms with van der Waals surface area (Å²) >= 11 is 0. The topological polar surface area (TPSA) is 43.8 Å². The molecule has 0 bridgehead atoms. The van der Waals surface area contributed by atoms with Gasteiger partial charge in [0.1, 0.15) is 5.75 Å². The zero-order valence-electron chi connectivity index (χ0n) is 16.8. The molecule has 2 fully saturated rings. The number of rotatable bonds is 3. The molecule has 2 saturated heterocycles. The predicted octanol–water partition coefficient (Wildman–Crippen LogP) is 3.45. The van der Waals surface area contributed by atoms with Crippen molar-refractivity contribution in [1.82, 2.24) is 9.80 Å². The van der Waals surface area contributed by atoms with E-state index in [-0.39, 0.29) is 11.3 Å². The number of piperidine rings is 1. The largest absolute Gasteiger partial charge is 0.508 e. The van der Waals surface area contributed by atoms with Crippen LogP contribution in [0.3, 0.4) is 0 Å². The van der Waals surface area contributed by atoms with Crippen LogP contribution >= 0.6 is 0 Å². The number of fused-ring (bicyclic) bond motifs is 1. The van der Waals surface area contributed by atoms with Crippen LogP contribution in [0.4, 0.5) is 0 Å². The number of phenolic OH excluding ortho intramolecular Hbond substituents is 1. The minimum Gasteiger partial charge on any atom is -0.508 e. The Morgan fingerprint density at radius 3 is 2.64 bits per heavy atom. The Morgan fingerprint density at radius 2 is 1.89 bits per heavy atom. The highest BCUT2D eigenvalue weighted by molar-refractivity contribution is 5.79. The summed E-state index contributed by atoms with van der Waals surface area (Å²) in [6.07, 6.45) is 1.49. The van der Waals surface area contributed by atoms with E-state index in [1.807, 2.05) is 47.4 Å². The quantitative estimate of drug-likeness (QED) is 0.890. The van der Waals surface area contributed by atoms with Crippen LogP contribution in [0.15, 0.2) is 54.6 Å². The molecular formula is C24H30N2O2. The van der Waals surface area contributed by atoms with Gasteiger partial charge in [0.15, 0.2) is 0 Å². The molecule has 0 radical (unpaired) electrons. The molecule has 2 heterocycles. The lowest BCUT2D eigenvalue weighted by molar-refractivity contribution is -0.135. The van der Waals surface area contributed by atoms with Crippen LogP contribution in [0.5, 0.6) is 5.75 Å². The molecule has 4 rings (SSSR count). The summed E-state index contributed by atoms with van der Waals surface area (Å²) in [4.78, 5) is 17.5. The van der Waals surface area contributed by atoms with E-state index >= 15 is 0 Å². The van der Waals surface area contributed by atoms with Gasteiger partial charge >= 0.3 is 0 Å². The maximum Gasteiger partial charge on any atom is 0.227 e. The molecule has 0 saturated carbocycles. The van der Waals surface area contributed by atoms with Crippen molar-refractivity contribution in [3.63, 3.8) is 0 Å². The van der Waals surface area contributed by atoms with Gasteiger partial charge in [-0.3, -0.25) is 9.69 Å². The Hall–Kier alpha value is -2.33. The zero-order valence-corrected chi connectivity index (χ0v) is 16.8. The van der Waals surface area contributed by atoms with E-state index in [0.29, 0.717) is 24.1 Å². The van der Waals surface area contributed by atoms with Crippen LogP contribution in [-0.2, 0) is 16.6 Å². The monoisotopic (exact) mass is 378 g/mol. The number of piperazine rings is 1. The van der Waals surface area contributed by atoms with E-state index in [4.69, 9.17) is 0 Å². The molecule has 2 aromatic rings. The zero-order chi connectivity index (χ0) is 19.7. The van der Waals surface area contributed by atoms with Gasteiger partial charge in [-0.2, -0.15) is 0 Å². The van der Waals surface area contributed by atoms with E-state index in [9.17, 15) is 9.90 Å². The van der Waals surface area contributed by atoms with Crippen LogP contribution < -0.4 is 0 Å². The summed E-state index contributed by atoms with van der Waals surface area (Å²) < 4.78 is 0. The van der Waals surface area contributed by atoms with E-state index < -0.39 is 0 Å². The first-order valence-electron chi connectivity index (χ1n) is 10.3. The Morgan fingerprint density at radius 1 is 1.11 bits per heavy atom. The van der Waals surface area contributed by atoms with Gasteiger partial charge in [0.05, 0.1) is 6.42 Å². The Bertz CT molecular complexity index is 838. The molecule has 2 aliphatic heterocycles. The molecule has 1 amide bonds. The Balaban J connectivity index is 1.48. The molecule has 148 valence electrons. The summed E-state index contributed by atoms with van der Waals surface area (Å²) in [6, 6.07) is 18.1. The number of benzene rings is 2. The number of nitrogens with zero attached hydrogens (tertiary/aromatic N) is 2. The maximum absolute atomic E-state index is 12.9. The first-order chi connectivity index (χ1) is 13.5. The van der Waals surface area contributed by atoms with Crippen molar-refractivity contribution in [2.45, 2.75) is 38.1 Å². The number of hydrogen-bond acceptors (Lipinski definition) is 3. The second-order valence-corrected chi connectivity index (χ2v) is 8.72. The fourth-order valence-corrected chi connectivity index (χ4v) is 4.94. The average Bonchev–Trinajstić information content (AvgIpc) is 2.69. The summed E-state index contributed by atoms with van der Waals surface area (Å²) in [5.41, 5.74) is 2.29. The van der Waals surface area contributed by atoms with Crippen molar-refractivity contribution in [2.75, 3.05) is 26.2 Å². The van der Waals surface area contributed by atoms with E-state index in [0.717, 1.165) is 38.2 Å². The number of aromatic hydroxyl groups is 1. The van der Waals surface area contributed by atoms with Crippen LogP contribution in [0, 0.1) is 5.92 Å². The van der Waals surface area contributed by atoms with Crippen LogP contribution in [0.2, 0.25) is 0 Å². The molecule has 0 aromatic heterocycles. The van der Waals surface area contributed by atoms with Crippen molar-refractivity contribution in [2.24, 2.45) is 5.92 Å². The predicted molar refractivity (Wildman–Crippen MR) is 111 cm³/mol. The second-order valence-electron chi connectivity index (χ2n) is 8.72. The summed E-state index contributed by atoms with van der Waals surface area (Å²) in [5, 5.41) is 9.97. The van der Waals surface area contributed by atoms with Gasteiger partial charge in [-0.1, -0.05) is 56.3 Å². The summed E-state index contributed by atoms with van der Waals surface area (Å²) in [6.45, 7) is 8.23. The molecule has 0 unspecified atom stereocenters. The molecule has 2 aliphatic rings. The number of carbonyl (C=O) groups excluding carboxylic acids is 1. The lowest BCUT2D eigenvalue weighted by Crippen LogP contribution is -2.62. The minimum atomic E-state index is 0.00535. The Kier molecular flexibility index (Phi) is 5.15. The van der Waals surface area contributed by atoms with Crippen molar-refractivity contribution in [1.29, 1.82) is 0 Å². The first kappa shape index (κ1) is 19.0. The molecule has 0 spiro atoms. The van der Waals surface area contributed by atoms with Crippen LogP contribution in [0.25, 0.3) is 0 Å². The van der Waals surface area contributed by atoms with Gasteiger partial charge in [0.25, 0.3) is 0 Å². The summed E-state index contributed by atoms with van der Waals surface area (Å²) in [5.74, 6) is 1.05. The number of carbonyl (C=O) groups is 1. The molecule has 2 aromatic carbocycles. The fraction of sp³-hybridized carbons (Fsp3) is 0.458. The van der Waals surface area contributed by atoms with Gasteiger partial charge in [0.2, 0.25) is 5.91 Å². The standard InChI is InChI=1S/C24H30N2O2/c1-18-16-25-11-12-26(23(28)13-19-7-4-3-5-8-19)17-21(25)15-24(18,2)20-9-6-10-22(27)14-20/h3-10,14,18,21,27H,11-13,15-17H2,1-2H3/t18-,21+,24-/m0/s1. The van der Waals surface area contributed by atoms with Crippen LogP contribution in [-0.4, -0.2) is 53.0 Å². The van der Waals surface area contributed by atoms with Crippen LogP contribution in [0.1, 0.15) is 31.4 Å². The fourth-order valence-electron chi connectivity index (χ4n) is 4.94. The molecule has 28 heavy (non-hydrogen) atoms. The van der Waals surface area contributed by atoms with Gasteiger partial charge in [-0.05, 0) is 41.0 Å². The van der Waals surface area contributed by atoms with Gasteiger partial charge in [-0.25, -0.2) is 0 Å². The molecule has 0 aliphatic carbocycles. The maximum atomic E-state index is 12.9. The normalized spacial score (nSPS) is 28.0. The second kappa shape index (κ2) is 7.59. The average molecular weight is 379 g/mol. The third-order valence-electron chi connectivity index (χ3n) is 6.92. The SMILES string of the molecule is C[C@H]1CN2CCN(C(=O)Cc3ccccc3)C[C@H]2C[C@]1(C)c1cccc(O)c1. The lowest BCUT2D eigenvalue weighted by Gasteiger charge is -2.53. The number of amides is 1. The van der Waals surface area contributed by atoms with Crippen molar-refractivity contribution in [3.05, 3.63) is 65.7 Å². The van der Waals surface area contributed by atoms with Crippen molar-refractivity contribution < 1.29 is 9.90 Å². The highest BCUT2D eigenvalue weighted by Crippen LogP contribution is 2.43. The van der Waals surface area contributed by atoms with Gasteiger partial charge in [-0.15, -0.1) is 0 Å². The first-order valence-corrected chi connectivity index (χ1v) is 10.3. The van der Waals surface area contributed by atoms with Gasteiger partial charge < -0.3 is 10.0 Å². The Labute approximate surface area is 167 Å². The minimum absolute atomic E-state index is 0.00535. The number of phenols is 1. The molecule has 4 nitrogen and oxygen atoms in total. The summed E-state index contributed by atoms with van der Waals surface area (Å²) in [7, 11) is 0. The third kappa shape index (κ3) is 3.66. The molecule has 1 N–H and O–H groups in total. The highest BCUT2D eigenvalue weighted by atomic mass is 16.3. The highest BCUT2D eigenvalue weighted by Gasteiger charge is 2.45. The molecule has 3 atom stereocenters. The lowest BCUT2D eigenvalue weighted by atomic mass is 9.65. The third-order valence-corrected chi connectivity index (χ3v) is 6.92. The van der Waals surface area contributed by atoms with Gasteiger partial charge in [0, 0.05) is 32.2 Å². The molecule has 4 heteroatoms. The van der Waals surface area contributed by atoms with Crippen molar-refractivity contribution in [3.8, 4) is 5.75 Å². The van der Waals surface area contributed by atoms with E-state index in [2.05, 4.69) is 24.8 Å². The van der Waals surface area contributed by atoms with E-state index in [1.54, 1.807) is 6.07 Å². The van der Waals surface area contributed by atoms with E-state index in [1.165, 1.54) is 5.56 Å². The smallest absolute Gasteiger partial charge is 0.227 e. The number of hydrogen-bond donors (Lipinski definition) is 1.